The number of hydrogen-bond acceptors (Lipinski definition) is 2. The number of para-hydroxylation sites is 1. The zero-order valence-corrected chi connectivity index (χ0v) is 11.9. The molecule has 100 valence electrons. The van der Waals surface area contributed by atoms with Crippen LogP contribution in [-0.2, 0) is 13.2 Å². The normalized spacial score (nSPS) is 10.5. The van der Waals surface area contributed by atoms with E-state index in [0.717, 1.165) is 12.3 Å². The average molecular weight is 255 g/mol. The van der Waals surface area contributed by atoms with Crippen LogP contribution in [-0.4, -0.2) is 7.05 Å². The fourth-order valence-electron chi connectivity index (χ4n) is 2.09. The summed E-state index contributed by atoms with van der Waals surface area (Å²) in [6.07, 6.45) is 0. The molecule has 0 unspecified atom stereocenters. The summed E-state index contributed by atoms with van der Waals surface area (Å²) in [5.74, 6) is 0.998. The molecule has 0 aliphatic carbocycles. The smallest absolute Gasteiger partial charge is 0.127 e. The molecule has 0 fully saturated rings. The van der Waals surface area contributed by atoms with Crippen LogP contribution in [0.2, 0.25) is 0 Å². The van der Waals surface area contributed by atoms with Crippen molar-refractivity contribution in [3.8, 4) is 5.75 Å². The highest BCUT2D eigenvalue weighted by atomic mass is 16.5. The van der Waals surface area contributed by atoms with Crippen molar-refractivity contribution >= 4 is 0 Å². The SMILES string of the molecule is CNCc1cccc(C)c1OCc1ccc(C)cc1. The van der Waals surface area contributed by atoms with Crippen LogP contribution in [0.1, 0.15) is 22.3 Å². The number of rotatable bonds is 5. The lowest BCUT2D eigenvalue weighted by atomic mass is 10.1. The maximum Gasteiger partial charge on any atom is 0.127 e. The van der Waals surface area contributed by atoms with E-state index in [4.69, 9.17) is 4.74 Å². The summed E-state index contributed by atoms with van der Waals surface area (Å²) in [5, 5.41) is 3.18. The molecule has 0 amide bonds. The van der Waals surface area contributed by atoms with E-state index in [9.17, 15) is 0 Å². The van der Waals surface area contributed by atoms with Gasteiger partial charge in [-0.1, -0.05) is 48.0 Å². The maximum absolute atomic E-state index is 6.01. The van der Waals surface area contributed by atoms with E-state index in [1.54, 1.807) is 0 Å². The Balaban J connectivity index is 2.12. The number of ether oxygens (including phenoxy) is 1. The van der Waals surface area contributed by atoms with Gasteiger partial charge < -0.3 is 10.1 Å². The van der Waals surface area contributed by atoms with Crippen LogP contribution < -0.4 is 10.1 Å². The first-order valence-electron chi connectivity index (χ1n) is 6.62. The molecule has 0 aliphatic heterocycles. The van der Waals surface area contributed by atoms with Crippen molar-refractivity contribution in [2.45, 2.75) is 27.0 Å². The predicted molar refractivity (Wildman–Crippen MR) is 79.5 cm³/mol. The van der Waals surface area contributed by atoms with Crippen LogP contribution in [0.15, 0.2) is 42.5 Å². The van der Waals surface area contributed by atoms with Gasteiger partial charge in [-0.25, -0.2) is 0 Å². The van der Waals surface area contributed by atoms with Crippen molar-refractivity contribution in [2.75, 3.05) is 7.05 Å². The molecule has 0 radical (unpaired) electrons. The summed E-state index contributed by atoms with van der Waals surface area (Å²) < 4.78 is 6.01. The van der Waals surface area contributed by atoms with Crippen molar-refractivity contribution in [1.29, 1.82) is 0 Å². The van der Waals surface area contributed by atoms with Gasteiger partial charge in [-0.05, 0) is 32.0 Å². The van der Waals surface area contributed by atoms with Gasteiger partial charge in [0.25, 0.3) is 0 Å². The van der Waals surface area contributed by atoms with E-state index in [-0.39, 0.29) is 0 Å². The molecule has 19 heavy (non-hydrogen) atoms. The van der Waals surface area contributed by atoms with Gasteiger partial charge in [0.05, 0.1) is 0 Å². The van der Waals surface area contributed by atoms with Crippen LogP contribution in [0, 0.1) is 13.8 Å². The molecule has 0 saturated carbocycles. The third kappa shape index (κ3) is 3.58. The molecule has 2 aromatic carbocycles. The molecule has 0 spiro atoms. The zero-order chi connectivity index (χ0) is 13.7. The first-order chi connectivity index (χ1) is 9.20. The van der Waals surface area contributed by atoms with Crippen molar-refractivity contribution in [1.82, 2.24) is 5.32 Å². The molecule has 0 saturated heterocycles. The highest BCUT2D eigenvalue weighted by Gasteiger charge is 2.06. The molecule has 0 aliphatic rings. The van der Waals surface area contributed by atoms with Crippen molar-refractivity contribution in [2.24, 2.45) is 0 Å². The maximum atomic E-state index is 6.01. The summed E-state index contributed by atoms with van der Waals surface area (Å²) >= 11 is 0. The van der Waals surface area contributed by atoms with Gasteiger partial charge in [-0.2, -0.15) is 0 Å². The minimum absolute atomic E-state index is 0.613. The van der Waals surface area contributed by atoms with Gasteiger partial charge in [0.1, 0.15) is 12.4 Å². The summed E-state index contributed by atoms with van der Waals surface area (Å²) in [7, 11) is 1.95. The molecule has 2 rings (SSSR count). The predicted octanol–water partition coefficient (Wildman–Crippen LogP) is 3.60. The molecule has 2 nitrogen and oxygen atoms in total. The zero-order valence-electron chi connectivity index (χ0n) is 11.9. The lowest BCUT2D eigenvalue weighted by Crippen LogP contribution is -2.08. The minimum Gasteiger partial charge on any atom is -0.488 e. The number of aryl methyl sites for hydroxylation is 2. The largest absolute Gasteiger partial charge is 0.488 e. The van der Waals surface area contributed by atoms with Gasteiger partial charge in [-0.3, -0.25) is 0 Å². The lowest BCUT2D eigenvalue weighted by molar-refractivity contribution is 0.300. The van der Waals surface area contributed by atoms with E-state index in [1.165, 1.54) is 22.3 Å². The summed E-state index contributed by atoms with van der Waals surface area (Å²) in [5.41, 5.74) is 4.86. The Morgan fingerprint density at radius 3 is 2.42 bits per heavy atom. The minimum atomic E-state index is 0.613. The second-order valence-electron chi connectivity index (χ2n) is 4.87. The van der Waals surface area contributed by atoms with Crippen LogP contribution in [0.3, 0.4) is 0 Å². The van der Waals surface area contributed by atoms with Gasteiger partial charge in [0.2, 0.25) is 0 Å². The molecule has 0 aromatic heterocycles. The summed E-state index contributed by atoms with van der Waals surface area (Å²) in [6.45, 7) is 5.62. The Labute approximate surface area is 115 Å². The standard InChI is InChI=1S/C17H21NO/c1-13-7-9-15(10-8-13)12-19-17-14(2)5-4-6-16(17)11-18-3/h4-10,18H,11-12H2,1-3H3. The first kappa shape index (κ1) is 13.6. The summed E-state index contributed by atoms with van der Waals surface area (Å²) in [4.78, 5) is 0. The fraction of sp³-hybridized carbons (Fsp3) is 0.294. The second kappa shape index (κ2) is 6.39. The molecule has 1 N–H and O–H groups in total. The molecule has 0 heterocycles. The number of hydrogen-bond donors (Lipinski definition) is 1. The monoisotopic (exact) mass is 255 g/mol. The highest BCUT2D eigenvalue weighted by molar-refractivity contribution is 5.41. The second-order valence-corrected chi connectivity index (χ2v) is 4.87. The number of nitrogens with one attached hydrogen (secondary N) is 1. The quantitative estimate of drug-likeness (QED) is 0.881. The van der Waals surface area contributed by atoms with Gasteiger partial charge in [0.15, 0.2) is 0 Å². The molecular formula is C17H21NO. The lowest BCUT2D eigenvalue weighted by Gasteiger charge is -2.14. The Hall–Kier alpha value is -1.80. The van der Waals surface area contributed by atoms with Crippen LogP contribution in [0.4, 0.5) is 0 Å². The van der Waals surface area contributed by atoms with Crippen molar-refractivity contribution in [3.63, 3.8) is 0 Å². The van der Waals surface area contributed by atoms with Crippen molar-refractivity contribution in [3.05, 3.63) is 64.7 Å². The van der Waals surface area contributed by atoms with Gasteiger partial charge in [-0.15, -0.1) is 0 Å². The van der Waals surface area contributed by atoms with Gasteiger partial charge in [0, 0.05) is 12.1 Å². The van der Waals surface area contributed by atoms with E-state index in [0.29, 0.717) is 6.61 Å². The first-order valence-corrected chi connectivity index (χ1v) is 6.62. The molecule has 0 bridgehead atoms. The van der Waals surface area contributed by atoms with Crippen LogP contribution in [0.25, 0.3) is 0 Å². The molecule has 2 heteroatoms. The van der Waals surface area contributed by atoms with E-state index in [1.807, 2.05) is 7.05 Å². The topological polar surface area (TPSA) is 21.3 Å². The molecule has 2 aromatic rings. The molecule has 0 atom stereocenters. The number of benzene rings is 2. The van der Waals surface area contributed by atoms with Gasteiger partial charge >= 0.3 is 0 Å². The highest BCUT2D eigenvalue weighted by Crippen LogP contribution is 2.24. The summed E-state index contributed by atoms with van der Waals surface area (Å²) in [6, 6.07) is 14.7. The van der Waals surface area contributed by atoms with Crippen LogP contribution >= 0.6 is 0 Å². The Bertz CT molecular complexity index is 531. The Morgan fingerprint density at radius 2 is 1.74 bits per heavy atom. The van der Waals surface area contributed by atoms with E-state index < -0.39 is 0 Å². The Morgan fingerprint density at radius 1 is 1.00 bits per heavy atom. The average Bonchev–Trinajstić information content (AvgIpc) is 2.40. The van der Waals surface area contributed by atoms with E-state index >= 15 is 0 Å². The third-order valence-corrected chi connectivity index (χ3v) is 3.16. The van der Waals surface area contributed by atoms with E-state index in [2.05, 4.69) is 61.6 Å². The van der Waals surface area contributed by atoms with Crippen LogP contribution in [0.5, 0.6) is 5.75 Å². The van der Waals surface area contributed by atoms with Crippen molar-refractivity contribution < 1.29 is 4.74 Å². The Kier molecular flexibility index (Phi) is 4.58. The third-order valence-electron chi connectivity index (χ3n) is 3.16. The molecular weight excluding hydrogens is 234 g/mol. The fourth-order valence-corrected chi connectivity index (χ4v) is 2.09.